The lowest BCUT2D eigenvalue weighted by Crippen LogP contribution is -2.40. The molecule has 1 unspecified atom stereocenters. The molecule has 0 amide bonds. The number of hydrogen-bond donors (Lipinski definition) is 1. The molecule has 7 nitrogen and oxygen atoms in total. The van der Waals surface area contributed by atoms with Gasteiger partial charge in [-0.15, -0.1) is 0 Å². The van der Waals surface area contributed by atoms with E-state index in [0.29, 0.717) is 0 Å². The van der Waals surface area contributed by atoms with Crippen molar-refractivity contribution in [2.24, 2.45) is 5.41 Å². The van der Waals surface area contributed by atoms with Crippen LogP contribution in [0.4, 0.5) is 4.79 Å². The van der Waals surface area contributed by atoms with Crippen LogP contribution in [0.3, 0.4) is 0 Å². The van der Waals surface area contributed by atoms with Crippen molar-refractivity contribution in [3.63, 3.8) is 0 Å². The van der Waals surface area contributed by atoms with Crippen molar-refractivity contribution in [2.75, 3.05) is 0 Å². The predicted molar refractivity (Wildman–Crippen MR) is 78.7 cm³/mol. The molecule has 0 saturated heterocycles. The van der Waals surface area contributed by atoms with E-state index in [-0.39, 0.29) is 11.0 Å². The van der Waals surface area contributed by atoms with Crippen LogP contribution in [0.2, 0.25) is 0 Å². The van der Waals surface area contributed by atoms with Gasteiger partial charge in [-0.2, -0.15) is 4.89 Å². The normalized spacial score (nSPS) is 14.2. The van der Waals surface area contributed by atoms with Gasteiger partial charge in [-0.3, -0.25) is 0 Å². The summed E-state index contributed by atoms with van der Waals surface area (Å²) in [6.07, 6.45) is -0.726. The number of esters is 1. The molecule has 0 rings (SSSR count). The average molecular weight is 318 g/mol. The largest absolute Gasteiger partial charge is 0.508 e. The van der Waals surface area contributed by atoms with Gasteiger partial charge >= 0.3 is 12.1 Å². The maximum atomic E-state index is 11.6. The molecule has 0 spiro atoms. The Morgan fingerprint density at radius 2 is 1.73 bits per heavy atom. The third-order valence-corrected chi connectivity index (χ3v) is 3.86. The second-order valence-electron chi connectivity index (χ2n) is 6.08. The summed E-state index contributed by atoms with van der Waals surface area (Å²) in [4.78, 5) is 32.3. The molecular formula is C15H26O7. The van der Waals surface area contributed by atoms with Crippen molar-refractivity contribution in [3.8, 4) is 0 Å². The highest BCUT2D eigenvalue weighted by molar-refractivity contribution is 5.87. The summed E-state index contributed by atoms with van der Waals surface area (Å²) in [5.41, 5.74) is -0.577. The van der Waals surface area contributed by atoms with Gasteiger partial charge in [-0.25, -0.2) is 9.59 Å². The van der Waals surface area contributed by atoms with Gasteiger partial charge in [0.1, 0.15) is 11.9 Å². The van der Waals surface area contributed by atoms with Crippen LogP contribution >= 0.6 is 0 Å². The Morgan fingerprint density at radius 3 is 2.18 bits per heavy atom. The molecule has 1 N–H and O–H groups in total. The zero-order chi connectivity index (χ0) is 17.6. The molecule has 0 saturated carbocycles. The summed E-state index contributed by atoms with van der Waals surface area (Å²) in [5, 5.41) is 8.39. The molecule has 7 heteroatoms. The van der Waals surface area contributed by atoms with E-state index < -0.39 is 24.0 Å². The minimum absolute atomic E-state index is 0.117. The molecule has 22 heavy (non-hydrogen) atoms. The molecule has 0 radical (unpaired) electrons. The zero-order valence-corrected chi connectivity index (χ0v) is 14.3. The minimum Gasteiger partial charge on any atom is -0.450 e. The molecule has 0 aromatic heterocycles. The van der Waals surface area contributed by atoms with E-state index >= 15 is 0 Å². The maximum Gasteiger partial charge on any atom is 0.508 e. The van der Waals surface area contributed by atoms with Gasteiger partial charge in [0.25, 0.3) is 0 Å². The second kappa shape index (κ2) is 8.03. The first-order valence-electron chi connectivity index (χ1n) is 7.04. The number of carboxylic acid groups (broad SMARTS) is 1. The van der Waals surface area contributed by atoms with Gasteiger partial charge in [0.15, 0.2) is 0 Å². The Morgan fingerprint density at radius 1 is 1.18 bits per heavy atom. The van der Waals surface area contributed by atoms with Crippen LogP contribution in [0.5, 0.6) is 0 Å². The lowest BCUT2D eigenvalue weighted by Gasteiger charge is -2.38. The predicted octanol–water partition coefficient (Wildman–Crippen LogP) is 3.64. The van der Waals surface area contributed by atoms with Crippen molar-refractivity contribution in [1.82, 2.24) is 0 Å². The Hall–Kier alpha value is -1.76. The highest BCUT2D eigenvalue weighted by Crippen LogP contribution is 2.36. The van der Waals surface area contributed by atoms with Gasteiger partial charge < -0.3 is 19.5 Å². The van der Waals surface area contributed by atoms with E-state index in [1.165, 1.54) is 13.8 Å². The summed E-state index contributed by atoms with van der Waals surface area (Å²) in [7, 11) is 0. The summed E-state index contributed by atoms with van der Waals surface area (Å²) >= 11 is 0. The molecule has 0 aromatic rings. The van der Waals surface area contributed by atoms with Crippen molar-refractivity contribution in [3.05, 3.63) is 11.8 Å². The van der Waals surface area contributed by atoms with Crippen molar-refractivity contribution in [2.45, 2.75) is 66.8 Å². The number of carbonyl (C=O) groups excluding carboxylic acids is 1. The summed E-state index contributed by atoms with van der Waals surface area (Å²) in [6.45, 7) is 12.7. The van der Waals surface area contributed by atoms with Crippen LogP contribution in [0.1, 0.15) is 54.9 Å². The van der Waals surface area contributed by atoms with E-state index in [4.69, 9.17) is 19.6 Å². The summed E-state index contributed by atoms with van der Waals surface area (Å²) in [6, 6.07) is 0. The van der Waals surface area contributed by atoms with Crippen LogP contribution in [0.25, 0.3) is 0 Å². The first-order chi connectivity index (χ1) is 9.93. The highest BCUT2D eigenvalue weighted by atomic mass is 17.2. The zero-order valence-electron chi connectivity index (χ0n) is 14.3. The standard InChI is InChI=1S/C15H26O7/c1-8-14(4,5)15(6,7)22-19-9-10(2)12(16)20-11(3)21-13(17)18/h9,11H,8H2,1-7H3,(H,17,18). The molecule has 1 atom stereocenters. The fourth-order valence-electron chi connectivity index (χ4n) is 1.21. The van der Waals surface area contributed by atoms with Gasteiger partial charge in [0, 0.05) is 6.92 Å². The molecule has 0 aliphatic heterocycles. The molecular weight excluding hydrogens is 292 g/mol. The monoisotopic (exact) mass is 318 g/mol. The molecule has 0 aliphatic carbocycles. The first-order valence-corrected chi connectivity index (χ1v) is 7.04. The van der Waals surface area contributed by atoms with Crippen molar-refractivity contribution < 1.29 is 33.9 Å². The fourth-order valence-corrected chi connectivity index (χ4v) is 1.21. The first kappa shape index (κ1) is 20.2. The van der Waals surface area contributed by atoms with Crippen LogP contribution in [0, 0.1) is 5.41 Å². The lowest BCUT2D eigenvalue weighted by atomic mass is 9.75. The molecule has 0 aromatic carbocycles. The topological polar surface area (TPSA) is 91.3 Å². The van der Waals surface area contributed by atoms with Crippen molar-refractivity contribution >= 4 is 12.1 Å². The van der Waals surface area contributed by atoms with Gasteiger partial charge in [-0.1, -0.05) is 20.8 Å². The Balaban J connectivity index is 4.50. The van der Waals surface area contributed by atoms with Gasteiger partial charge in [0.2, 0.25) is 6.29 Å². The van der Waals surface area contributed by atoms with E-state index in [2.05, 4.69) is 4.74 Å². The summed E-state index contributed by atoms with van der Waals surface area (Å²) < 4.78 is 9.01. The molecule has 0 fully saturated rings. The van der Waals surface area contributed by atoms with Gasteiger partial charge in [-0.05, 0) is 32.6 Å². The van der Waals surface area contributed by atoms with Crippen LogP contribution in [-0.2, 0) is 24.0 Å². The number of rotatable bonds is 8. The van der Waals surface area contributed by atoms with Crippen LogP contribution < -0.4 is 0 Å². The van der Waals surface area contributed by atoms with Crippen LogP contribution in [-0.4, -0.2) is 29.1 Å². The summed E-state index contributed by atoms with van der Waals surface area (Å²) in [5.74, 6) is -0.759. The molecule has 0 heterocycles. The number of hydrogen-bond acceptors (Lipinski definition) is 6. The third kappa shape index (κ3) is 6.34. The number of ether oxygens (including phenoxy) is 2. The fraction of sp³-hybridized carbons (Fsp3) is 0.733. The second-order valence-corrected chi connectivity index (χ2v) is 6.08. The smallest absolute Gasteiger partial charge is 0.450 e. The molecule has 0 aliphatic rings. The molecule has 128 valence electrons. The highest BCUT2D eigenvalue weighted by Gasteiger charge is 2.38. The Bertz CT molecular complexity index is 424. The van der Waals surface area contributed by atoms with E-state index in [1.54, 1.807) is 0 Å². The lowest BCUT2D eigenvalue weighted by molar-refractivity contribution is -0.342. The van der Waals surface area contributed by atoms with Crippen molar-refractivity contribution in [1.29, 1.82) is 0 Å². The van der Waals surface area contributed by atoms with Gasteiger partial charge in [0.05, 0.1) is 5.57 Å². The number of carbonyl (C=O) groups is 2. The SMILES string of the molecule is CCC(C)(C)C(C)(C)OOC=C(C)C(=O)OC(C)OC(=O)O. The van der Waals surface area contributed by atoms with E-state index in [1.807, 2.05) is 34.6 Å². The average Bonchev–Trinajstić information content (AvgIpc) is 2.36. The Kier molecular flexibility index (Phi) is 7.38. The van der Waals surface area contributed by atoms with Crippen LogP contribution in [0.15, 0.2) is 11.8 Å². The van der Waals surface area contributed by atoms with E-state index in [9.17, 15) is 9.59 Å². The molecule has 0 bridgehead atoms. The Labute approximate surface area is 131 Å². The minimum atomic E-state index is -1.52. The quantitative estimate of drug-likeness (QED) is 0.182. The third-order valence-electron chi connectivity index (χ3n) is 3.86. The maximum absolute atomic E-state index is 11.6. The van der Waals surface area contributed by atoms with E-state index in [0.717, 1.165) is 12.7 Å².